The second-order valence-corrected chi connectivity index (χ2v) is 7.46. The number of hydrogen-bond donors (Lipinski definition) is 1. The van der Waals surface area contributed by atoms with E-state index in [4.69, 9.17) is 4.74 Å². The van der Waals surface area contributed by atoms with Crippen LogP contribution in [0.1, 0.15) is 57.4 Å². The van der Waals surface area contributed by atoms with Crippen LogP contribution in [-0.2, 0) is 9.53 Å². The van der Waals surface area contributed by atoms with Crippen molar-refractivity contribution in [2.75, 3.05) is 6.61 Å². The van der Waals surface area contributed by atoms with Crippen LogP contribution in [0, 0.1) is 0 Å². The lowest BCUT2D eigenvalue weighted by atomic mass is 9.82. The van der Waals surface area contributed by atoms with Gasteiger partial charge in [0.2, 0.25) is 0 Å². The summed E-state index contributed by atoms with van der Waals surface area (Å²) in [5.41, 5.74) is 0.824. The number of fused-ring (bicyclic) bond motifs is 2. The molecule has 132 valence electrons. The highest BCUT2D eigenvalue weighted by atomic mass is 16.5. The van der Waals surface area contributed by atoms with E-state index in [0.717, 1.165) is 18.4 Å². The van der Waals surface area contributed by atoms with Crippen molar-refractivity contribution in [1.29, 1.82) is 0 Å². The van der Waals surface area contributed by atoms with Gasteiger partial charge in [-0.3, -0.25) is 9.69 Å². The summed E-state index contributed by atoms with van der Waals surface area (Å²) in [6, 6.07) is 11.0. The minimum Gasteiger partial charge on any atom is -0.462 e. The van der Waals surface area contributed by atoms with Gasteiger partial charge in [0.15, 0.2) is 0 Å². The Morgan fingerprint density at radius 2 is 1.83 bits per heavy atom. The SMILES string of the molecule is CC(C)N1[C@@H]2CCC[C@@H]1CC(OC(=O)[C@H](CO)c1ccccc1)C2. The lowest BCUT2D eigenvalue weighted by Crippen LogP contribution is -2.56. The van der Waals surface area contributed by atoms with Gasteiger partial charge in [-0.05, 0) is 32.3 Å². The van der Waals surface area contributed by atoms with Crippen molar-refractivity contribution < 1.29 is 14.6 Å². The predicted octanol–water partition coefficient (Wildman–Crippen LogP) is 3.10. The molecule has 0 aliphatic carbocycles. The monoisotopic (exact) mass is 331 g/mol. The molecule has 2 bridgehead atoms. The molecule has 0 spiro atoms. The molecule has 0 aromatic heterocycles. The van der Waals surface area contributed by atoms with E-state index in [1.54, 1.807) is 0 Å². The maximum absolute atomic E-state index is 12.6. The van der Waals surface area contributed by atoms with Crippen molar-refractivity contribution in [1.82, 2.24) is 4.90 Å². The molecule has 2 saturated heterocycles. The maximum atomic E-state index is 12.6. The van der Waals surface area contributed by atoms with Crippen molar-refractivity contribution in [2.45, 2.75) is 76.1 Å². The predicted molar refractivity (Wildman–Crippen MR) is 93.8 cm³/mol. The molecule has 0 amide bonds. The number of piperidine rings is 2. The Morgan fingerprint density at radius 1 is 1.21 bits per heavy atom. The number of aliphatic hydroxyl groups is 1. The van der Waals surface area contributed by atoms with E-state index in [0.29, 0.717) is 18.1 Å². The van der Waals surface area contributed by atoms with Crippen molar-refractivity contribution >= 4 is 5.97 Å². The van der Waals surface area contributed by atoms with Crippen LogP contribution in [0.4, 0.5) is 0 Å². The van der Waals surface area contributed by atoms with Crippen molar-refractivity contribution in [3.8, 4) is 0 Å². The van der Waals surface area contributed by atoms with E-state index < -0.39 is 5.92 Å². The molecular weight excluding hydrogens is 302 g/mol. The van der Waals surface area contributed by atoms with E-state index in [1.165, 1.54) is 19.3 Å². The van der Waals surface area contributed by atoms with Crippen LogP contribution >= 0.6 is 0 Å². The van der Waals surface area contributed by atoms with Crippen LogP contribution in [0.25, 0.3) is 0 Å². The third kappa shape index (κ3) is 3.65. The molecule has 2 heterocycles. The van der Waals surface area contributed by atoms with Crippen LogP contribution in [0.5, 0.6) is 0 Å². The molecule has 1 aromatic rings. The van der Waals surface area contributed by atoms with E-state index >= 15 is 0 Å². The van der Waals surface area contributed by atoms with Crippen LogP contribution in [0.15, 0.2) is 30.3 Å². The van der Waals surface area contributed by atoms with Gasteiger partial charge in [-0.25, -0.2) is 0 Å². The van der Waals surface area contributed by atoms with Gasteiger partial charge < -0.3 is 9.84 Å². The second-order valence-electron chi connectivity index (χ2n) is 7.46. The fourth-order valence-corrected chi connectivity index (χ4v) is 4.55. The first-order chi connectivity index (χ1) is 11.6. The van der Waals surface area contributed by atoms with Gasteiger partial charge in [0.25, 0.3) is 0 Å². The molecule has 2 aliphatic rings. The molecule has 3 atom stereocenters. The molecule has 2 aliphatic heterocycles. The molecule has 1 aromatic carbocycles. The number of carbonyl (C=O) groups is 1. The maximum Gasteiger partial charge on any atom is 0.316 e. The van der Waals surface area contributed by atoms with Crippen molar-refractivity contribution in [2.24, 2.45) is 0 Å². The molecule has 4 heteroatoms. The van der Waals surface area contributed by atoms with Crippen molar-refractivity contribution in [3.05, 3.63) is 35.9 Å². The van der Waals surface area contributed by atoms with Gasteiger partial charge in [-0.1, -0.05) is 36.8 Å². The van der Waals surface area contributed by atoms with E-state index in [9.17, 15) is 9.90 Å². The fraction of sp³-hybridized carbons (Fsp3) is 0.650. The number of benzene rings is 1. The normalized spacial score (nSPS) is 28.6. The van der Waals surface area contributed by atoms with Gasteiger partial charge in [0, 0.05) is 31.0 Å². The highest BCUT2D eigenvalue weighted by Crippen LogP contribution is 2.37. The van der Waals surface area contributed by atoms with Crippen LogP contribution in [-0.4, -0.2) is 46.8 Å². The second kappa shape index (κ2) is 7.66. The van der Waals surface area contributed by atoms with Crippen LogP contribution in [0.2, 0.25) is 0 Å². The molecule has 4 nitrogen and oxygen atoms in total. The smallest absolute Gasteiger partial charge is 0.316 e. The molecular formula is C20H29NO3. The number of aliphatic hydroxyl groups excluding tert-OH is 1. The minimum absolute atomic E-state index is 0.0134. The molecule has 0 unspecified atom stereocenters. The largest absolute Gasteiger partial charge is 0.462 e. The summed E-state index contributed by atoms with van der Waals surface area (Å²) in [6.07, 6.45) is 5.51. The Labute approximate surface area is 144 Å². The summed E-state index contributed by atoms with van der Waals surface area (Å²) in [5.74, 6) is -0.862. The Morgan fingerprint density at radius 3 is 2.38 bits per heavy atom. The van der Waals surface area contributed by atoms with E-state index in [2.05, 4.69) is 18.7 Å². The van der Waals surface area contributed by atoms with Gasteiger partial charge in [0.1, 0.15) is 12.0 Å². The lowest BCUT2D eigenvalue weighted by molar-refractivity contribution is -0.158. The zero-order valence-electron chi connectivity index (χ0n) is 14.7. The topological polar surface area (TPSA) is 49.8 Å². The number of hydrogen-bond acceptors (Lipinski definition) is 4. The summed E-state index contributed by atoms with van der Waals surface area (Å²) in [6.45, 7) is 4.31. The minimum atomic E-state index is -0.575. The first kappa shape index (κ1) is 17.4. The first-order valence-electron chi connectivity index (χ1n) is 9.24. The average Bonchev–Trinajstić information content (AvgIpc) is 2.55. The Hall–Kier alpha value is -1.39. The zero-order valence-corrected chi connectivity index (χ0v) is 14.7. The van der Waals surface area contributed by atoms with Crippen LogP contribution < -0.4 is 0 Å². The molecule has 24 heavy (non-hydrogen) atoms. The number of esters is 1. The highest BCUT2D eigenvalue weighted by Gasteiger charge is 2.41. The van der Waals surface area contributed by atoms with Gasteiger partial charge in [-0.15, -0.1) is 0 Å². The molecule has 0 saturated carbocycles. The fourth-order valence-electron chi connectivity index (χ4n) is 4.55. The first-order valence-corrected chi connectivity index (χ1v) is 9.24. The Kier molecular flexibility index (Phi) is 5.57. The molecule has 3 rings (SSSR count). The lowest BCUT2D eigenvalue weighted by Gasteiger charge is -2.50. The van der Waals surface area contributed by atoms with Crippen molar-refractivity contribution in [3.63, 3.8) is 0 Å². The third-order valence-electron chi connectivity index (χ3n) is 5.54. The van der Waals surface area contributed by atoms with E-state index in [-0.39, 0.29) is 18.7 Å². The molecule has 1 N–H and O–H groups in total. The third-order valence-corrected chi connectivity index (χ3v) is 5.54. The number of rotatable bonds is 5. The highest BCUT2D eigenvalue weighted by molar-refractivity contribution is 5.78. The zero-order chi connectivity index (χ0) is 17.1. The van der Waals surface area contributed by atoms with E-state index in [1.807, 2.05) is 30.3 Å². The summed E-state index contributed by atoms with van der Waals surface area (Å²) < 4.78 is 5.84. The standard InChI is InChI=1S/C20H29NO3/c1-14(2)21-16-9-6-10-17(21)12-18(11-16)24-20(23)19(13-22)15-7-4-3-5-8-15/h3-5,7-8,14,16-19,22H,6,9-13H2,1-2H3/t16-,17-,19-/m1/s1. The number of nitrogens with zero attached hydrogens (tertiary/aromatic N) is 1. The summed E-state index contributed by atoms with van der Waals surface area (Å²) in [4.78, 5) is 15.2. The number of carbonyl (C=O) groups excluding carboxylic acids is 1. The van der Waals surface area contributed by atoms with Gasteiger partial charge >= 0.3 is 5.97 Å². The van der Waals surface area contributed by atoms with Gasteiger partial charge in [-0.2, -0.15) is 0 Å². The van der Waals surface area contributed by atoms with Crippen LogP contribution in [0.3, 0.4) is 0 Å². The molecule has 0 radical (unpaired) electrons. The Balaban J connectivity index is 1.65. The summed E-state index contributed by atoms with van der Waals surface area (Å²) in [7, 11) is 0. The summed E-state index contributed by atoms with van der Waals surface area (Å²) >= 11 is 0. The summed E-state index contributed by atoms with van der Waals surface area (Å²) in [5, 5.41) is 9.65. The average molecular weight is 331 g/mol. The molecule has 2 fully saturated rings. The van der Waals surface area contributed by atoms with Gasteiger partial charge in [0.05, 0.1) is 6.61 Å². The quantitative estimate of drug-likeness (QED) is 0.842. The Bertz CT molecular complexity index is 531. The number of ether oxygens (including phenoxy) is 1.